The first kappa shape index (κ1) is 27.8. The molecule has 0 aromatic heterocycles. The Morgan fingerprint density at radius 1 is 0.971 bits per heavy atom. The Bertz CT molecular complexity index is 860. The zero-order valence-corrected chi connectivity index (χ0v) is 21.4. The lowest BCUT2D eigenvalue weighted by atomic mass is 9.73. The average molecular weight is 500 g/mol. The van der Waals surface area contributed by atoms with Gasteiger partial charge in [-0.1, -0.05) is 13.8 Å². The molecule has 0 aromatic carbocycles. The zero-order chi connectivity index (χ0) is 25.8. The Labute approximate surface area is 203 Å². The lowest BCUT2D eigenvalue weighted by Crippen LogP contribution is -2.64. The van der Waals surface area contributed by atoms with Gasteiger partial charge in [0.1, 0.15) is 24.2 Å². The second kappa shape index (κ2) is 11.4. The number of carbonyl (C=O) groups is 5. The molecule has 2 fully saturated rings. The average Bonchev–Trinajstić information content (AvgIpc) is 2.67. The number of thioether (sulfide) groups is 1. The standard InChI is InChI=1S/C23H33NO9S/c1-11(18-15(28)8-23(5,6)9-16(18)29)24-19-21(32-14(4)27)20(31-13(3)26)17(10-30-12(2)25)33-22(19)34-7/h17,19-22,24H,8-10H2,1-7H3/t17-,19+,20-,21-,22+/m1/s1. The highest BCUT2D eigenvalue weighted by Crippen LogP contribution is 2.36. The van der Waals surface area contributed by atoms with Crippen LogP contribution < -0.4 is 5.32 Å². The molecule has 0 aromatic rings. The Morgan fingerprint density at radius 2 is 1.50 bits per heavy atom. The molecule has 1 saturated carbocycles. The van der Waals surface area contributed by atoms with Gasteiger partial charge in [0, 0.05) is 39.3 Å². The van der Waals surface area contributed by atoms with Crippen LogP contribution in [0, 0.1) is 5.41 Å². The number of rotatable bonds is 7. The summed E-state index contributed by atoms with van der Waals surface area (Å²) in [6, 6.07) is -0.778. The van der Waals surface area contributed by atoms with E-state index in [0.717, 1.165) is 0 Å². The van der Waals surface area contributed by atoms with Crippen LogP contribution in [0.25, 0.3) is 0 Å². The van der Waals surface area contributed by atoms with Gasteiger partial charge in [-0.25, -0.2) is 0 Å². The lowest BCUT2D eigenvalue weighted by molar-refractivity contribution is -0.211. The number of Topliss-reactive ketones (excluding diaryl/α,β-unsaturated/α-hetero) is 2. The minimum atomic E-state index is -1.10. The molecule has 1 aliphatic carbocycles. The normalized spacial score (nSPS) is 28.7. The maximum absolute atomic E-state index is 12.8. The quantitative estimate of drug-likeness (QED) is 0.237. The van der Waals surface area contributed by atoms with Crippen molar-refractivity contribution in [2.75, 3.05) is 12.9 Å². The van der Waals surface area contributed by atoms with Gasteiger partial charge in [0.2, 0.25) is 0 Å². The Morgan fingerprint density at radius 3 is 1.97 bits per heavy atom. The van der Waals surface area contributed by atoms with E-state index in [-0.39, 0.29) is 36.6 Å². The molecule has 10 nitrogen and oxygen atoms in total. The highest BCUT2D eigenvalue weighted by molar-refractivity contribution is 7.99. The van der Waals surface area contributed by atoms with Gasteiger partial charge in [-0.05, 0) is 18.6 Å². The Kier molecular flexibility index (Phi) is 9.29. The van der Waals surface area contributed by atoms with E-state index in [0.29, 0.717) is 5.70 Å². The molecule has 2 rings (SSSR count). The van der Waals surface area contributed by atoms with Crippen molar-refractivity contribution < 1.29 is 42.9 Å². The van der Waals surface area contributed by atoms with Crippen LogP contribution in [0.15, 0.2) is 11.3 Å². The number of allylic oxidation sites excluding steroid dienone is 2. The molecular weight excluding hydrogens is 466 g/mol. The van der Waals surface area contributed by atoms with Crippen LogP contribution in [0.4, 0.5) is 0 Å². The molecule has 0 spiro atoms. The SMILES string of the molecule is CS[C@@H]1O[C@H](COC(C)=O)[C@@H](OC(C)=O)[C@H](OC(C)=O)[C@@H]1NC(C)=C1C(=O)CC(C)(C)CC1=O. The number of esters is 3. The summed E-state index contributed by atoms with van der Waals surface area (Å²) in [5.41, 5.74) is -0.669. The molecule has 1 saturated heterocycles. The molecule has 0 radical (unpaired) electrons. The zero-order valence-electron chi connectivity index (χ0n) is 20.6. The van der Waals surface area contributed by atoms with Gasteiger partial charge in [-0.15, -0.1) is 11.8 Å². The van der Waals surface area contributed by atoms with Gasteiger partial charge in [0.15, 0.2) is 23.8 Å². The van der Waals surface area contributed by atoms with E-state index in [1.807, 2.05) is 13.8 Å². The van der Waals surface area contributed by atoms with Crippen molar-refractivity contribution in [3.05, 3.63) is 11.3 Å². The minimum absolute atomic E-state index is 0.0758. The molecule has 0 bridgehead atoms. The van der Waals surface area contributed by atoms with Crippen molar-refractivity contribution in [3.8, 4) is 0 Å². The van der Waals surface area contributed by atoms with Gasteiger partial charge < -0.3 is 24.3 Å². The van der Waals surface area contributed by atoms with Gasteiger partial charge in [0.05, 0.1) is 5.57 Å². The lowest BCUT2D eigenvalue weighted by Gasteiger charge is -2.45. The second-order valence-electron chi connectivity index (χ2n) is 9.26. The third kappa shape index (κ3) is 7.05. The predicted molar refractivity (Wildman–Crippen MR) is 123 cm³/mol. The summed E-state index contributed by atoms with van der Waals surface area (Å²) < 4.78 is 22.1. The highest BCUT2D eigenvalue weighted by atomic mass is 32.2. The predicted octanol–water partition coefficient (Wildman–Crippen LogP) is 1.69. The number of carbonyl (C=O) groups excluding carboxylic acids is 5. The molecule has 5 atom stereocenters. The molecule has 0 unspecified atom stereocenters. The molecule has 11 heteroatoms. The number of ether oxygens (including phenoxy) is 4. The summed E-state index contributed by atoms with van der Waals surface area (Å²) in [5, 5.41) is 3.14. The van der Waals surface area contributed by atoms with Crippen molar-refractivity contribution in [2.45, 2.75) is 84.2 Å². The molecule has 1 aliphatic heterocycles. The van der Waals surface area contributed by atoms with Crippen LogP contribution in [0.5, 0.6) is 0 Å². The first-order valence-electron chi connectivity index (χ1n) is 11.0. The van der Waals surface area contributed by atoms with Crippen LogP contribution >= 0.6 is 11.8 Å². The van der Waals surface area contributed by atoms with Crippen LogP contribution in [0.2, 0.25) is 0 Å². The van der Waals surface area contributed by atoms with Crippen molar-refractivity contribution >= 4 is 41.2 Å². The number of hydrogen-bond donors (Lipinski definition) is 1. The summed E-state index contributed by atoms with van der Waals surface area (Å²) >= 11 is 1.28. The van der Waals surface area contributed by atoms with Crippen molar-refractivity contribution in [3.63, 3.8) is 0 Å². The topological polar surface area (TPSA) is 134 Å². The number of hydrogen-bond acceptors (Lipinski definition) is 11. The monoisotopic (exact) mass is 499 g/mol. The molecule has 34 heavy (non-hydrogen) atoms. The van der Waals surface area contributed by atoms with E-state index >= 15 is 0 Å². The molecule has 190 valence electrons. The van der Waals surface area contributed by atoms with Crippen LogP contribution in [-0.4, -0.2) is 72.1 Å². The minimum Gasteiger partial charge on any atom is -0.463 e. The van der Waals surface area contributed by atoms with Crippen molar-refractivity contribution in [2.24, 2.45) is 5.41 Å². The fourth-order valence-electron chi connectivity index (χ4n) is 4.26. The maximum Gasteiger partial charge on any atom is 0.303 e. The van der Waals surface area contributed by atoms with Gasteiger partial charge in [-0.2, -0.15) is 0 Å². The summed E-state index contributed by atoms with van der Waals surface area (Å²) in [5.74, 6) is -2.35. The van der Waals surface area contributed by atoms with Crippen LogP contribution in [0.1, 0.15) is 54.4 Å². The van der Waals surface area contributed by atoms with Gasteiger partial charge in [0.25, 0.3) is 0 Å². The third-order valence-electron chi connectivity index (χ3n) is 5.53. The largest absolute Gasteiger partial charge is 0.463 e. The molecule has 1 heterocycles. The number of ketones is 2. The summed E-state index contributed by atoms with van der Waals surface area (Å²) in [6.45, 7) is 8.77. The number of nitrogens with one attached hydrogen (secondary N) is 1. The van der Waals surface area contributed by atoms with Crippen molar-refractivity contribution in [1.29, 1.82) is 0 Å². The fourth-order valence-corrected chi connectivity index (χ4v) is 5.03. The second-order valence-corrected chi connectivity index (χ2v) is 10.2. The summed E-state index contributed by atoms with van der Waals surface area (Å²) in [4.78, 5) is 60.7. The van der Waals surface area contributed by atoms with Crippen molar-refractivity contribution in [1.82, 2.24) is 5.32 Å². The third-order valence-corrected chi connectivity index (χ3v) is 6.40. The first-order chi connectivity index (χ1) is 15.8. The summed E-state index contributed by atoms with van der Waals surface area (Å²) in [7, 11) is 0. The van der Waals surface area contributed by atoms with E-state index in [1.165, 1.54) is 32.5 Å². The molecule has 1 N–H and O–H groups in total. The summed E-state index contributed by atoms with van der Waals surface area (Å²) in [6.07, 6.45) is -0.826. The van der Waals surface area contributed by atoms with E-state index < -0.39 is 53.1 Å². The van der Waals surface area contributed by atoms with E-state index in [9.17, 15) is 24.0 Å². The Balaban J connectivity index is 2.45. The smallest absolute Gasteiger partial charge is 0.303 e. The van der Waals surface area contributed by atoms with Gasteiger partial charge >= 0.3 is 17.9 Å². The highest BCUT2D eigenvalue weighted by Gasteiger charge is 2.50. The van der Waals surface area contributed by atoms with Crippen LogP contribution in [-0.2, 0) is 42.9 Å². The molecule has 2 aliphatic rings. The van der Waals surface area contributed by atoms with E-state index in [2.05, 4.69) is 5.32 Å². The molecular formula is C23H33NO9S. The maximum atomic E-state index is 12.8. The van der Waals surface area contributed by atoms with Gasteiger partial charge in [-0.3, -0.25) is 24.0 Å². The molecule has 0 amide bonds. The first-order valence-corrected chi connectivity index (χ1v) is 12.2. The Hall–Kier alpha value is -2.40. The van der Waals surface area contributed by atoms with Crippen LogP contribution in [0.3, 0.4) is 0 Å². The fraction of sp³-hybridized carbons (Fsp3) is 0.696. The van der Waals surface area contributed by atoms with E-state index in [1.54, 1.807) is 13.2 Å². The van der Waals surface area contributed by atoms with E-state index in [4.69, 9.17) is 18.9 Å².